The van der Waals surface area contributed by atoms with E-state index in [1.165, 1.54) is 5.56 Å². The minimum Gasteiger partial charge on any atom is -0.299 e. The number of carbonyl (C=O) groups excluding carboxylic acids is 1. The normalized spacial score (nSPS) is 25.8. The van der Waals surface area contributed by atoms with E-state index in [4.69, 9.17) is 0 Å². The Labute approximate surface area is 105 Å². The summed E-state index contributed by atoms with van der Waals surface area (Å²) in [5.41, 5.74) is 1.26. The average Bonchev–Trinajstić information content (AvgIpc) is 2.27. The van der Waals surface area contributed by atoms with E-state index in [0.29, 0.717) is 11.7 Å². The molecule has 0 aliphatic heterocycles. The number of hydrogen-bond donors (Lipinski definition) is 0. The fourth-order valence-corrected chi connectivity index (χ4v) is 2.90. The summed E-state index contributed by atoms with van der Waals surface area (Å²) in [5.74, 6) is 1.39. The van der Waals surface area contributed by atoms with E-state index in [1.54, 1.807) is 0 Å². The standard InChI is InChI=1S/C14H17BrO/c1-10-6-7-14(16)12(8-10)9-11-4-2-3-5-13(11)15/h2-5,10,12H,6-9H2,1H3/t10-,12+/m0/s1. The molecular formula is C14H17BrO. The van der Waals surface area contributed by atoms with Crippen LogP contribution in [0, 0.1) is 11.8 Å². The molecule has 1 aromatic carbocycles. The molecule has 1 aliphatic rings. The minimum atomic E-state index is 0.238. The summed E-state index contributed by atoms with van der Waals surface area (Å²) in [6, 6.07) is 8.21. The molecular weight excluding hydrogens is 264 g/mol. The zero-order chi connectivity index (χ0) is 11.5. The lowest BCUT2D eigenvalue weighted by Crippen LogP contribution is -2.25. The first-order valence-corrected chi connectivity index (χ1v) is 6.72. The van der Waals surface area contributed by atoms with Gasteiger partial charge >= 0.3 is 0 Å². The lowest BCUT2D eigenvalue weighted by molar-refractivity contribution is -0.125. The molecule has 86 valence electrons. The van der Waals surface area contributed by atoms with Crippen LogP contribution < -0.4 is 0 Å². The smallest absolute Gasteiger partial charge is 0.136 e. The second-order valence-electron chi connectivity index (χ2n) is 4.84. The van der Waals surface area contributed by atoms with Crippen LogP contribution in [0.15, 0.2) is 28.7 Å². The van der Waals surface area contributed by atoms with Crippen molar-refractivity contribution in [1.82, 2.24) is 0 Å². The van der Waals surface area contributed by atoms with Crippen molar-refractivity contribution in [1.29, 1.82) is 0 Å². The van der Waals surface area contributed by atoms with Crippen molar-refractivity contribution in [3.05, 3.63) is 34.3 Å². The van der Waals surface area contributed by atoms with Gasteiger partial charge < -0.3 is 0 Å². The highest BCUT2D eigenvalue weighted by Crippen LogP contribution is 2.30. The monoisotopic (exact) mass is 280 g/mol. The maximum atomic E-state index is 11.8. The molecule has 2 atom stereocenters. The molecule has 0 spiro atoms. The van der Waals surface area contributed by atoms with Gasteiger partial charge in [0.05, 0.1) is 0 Å². The predicted octanol–water partition coefficient (Wildman–Crippen LogP) is 4.00. The third-order valence-electron chi connectivity index (χ3n) is 3.45. The third-order valence-corrected chi connectivity index (χ3v) is 4.22. The first kappa shape index (κ1) is 11.8. The SMILES string of the molecule is C[C@H]1CCC(=O)[C@@H](Cc2ccccc2Br)C1. The van der Waals surface area contributed by atoms with Gasteiger partial charge in [-0.2, -0.15) is 0 Å². The van der Waals surface area contributed by atoms with Crippen molar-refractivity contribution in [2.75, 3.05) is 0 Å². The molecule has 1 aromatic rings. The lowest BCUT2D eigenvalue weighted by atomic mass is 9.78. The van der Waals surface area contributed by atoms with E-state index in [-0.39, 0.29) is 5.92 Å². The molecule has 1 saturated carbocycles. The first-order chi connectivity index (χ1) is 7.66. The number of Topliss-reactive ketones (excluding diaryl/α,β-unsaturated/α-hetero) is 1. The first-order valence-electron chi connectivity index (χ1n) is 5.93. The van der Waals surface area contributed by atoms with Crippen molar-refractivity contribution in [2.24, 2.45) is 11.8 Å². The molecule has 2 heteroatoms. The van der Waals surface area contributed by atoms with E-state index in [0.717, 1.165) is 30.2 Å². The Kier molecular flexibility index (Phi) is 3.80. The molecule has 0 saturated heterocycles. The quantitative estimate of drug-likeness (QED) is 0.801. The van der Waals surface area contributed by atoms with Crippen LogP contribution >= 0.6 is 15.9 Å². The Morgan fingerprint density at radius 2 is 2.12 bits per heavy atom. The van der Waals surface area contributed by atoms with E-state index >= 15 is 0 Å². The van der Waals surface area contributed by atoms with Gasteiger partial charge in [-0.25, -0.2) is 0 Å². The largest absolute Gasteiger partial charge is 0.299 e. The highest BCUT2D eigenvalue weighted by Gasteiger charge is 2.26. The van der Waals surface area contributed by atoms with Crippen molar-refractivity contribution < 1.29 is 4.79 Å². The molecule has 0 N–H and O–H groups in total. The van der Waals surface area contributed by atoms with Crippen molar-refractivity contribution in [3.8, 4) is 0 Å². The zero-order valence-corrected chi connectivity index (χ0v) is 11.2. The number of halogens is 1. The second kappa shape index (κ2) is 5.13. The van der Waals surface area contributed by atoms with Crippen LogP contribution in [0.1, 0.15) is 31.7 Å². The van der Waals surface area contributed by atoms with Gasteiger partial charge in [0.25, 0.3) is 0 Å². The van der Waals surface area contributed by atoms with E-state index in [1.807, 2.05) is 18.2 Å². The molecule has 16 heavy (non-hydrogen) atoms. The van der Waals surface area contributed by atoms with Gasteiger partial charge in [0.1, 0.15) is 5.78 Å². The Morgan fingerprint density at radius 3 is 2.88 bits per heavy atom. The molecule has 1 aliphatic carbocycles. The summed E-state index contributed by atoms with van der Waals surface area (Å²) in [4.78, 5) is 11.8. The molecule has 1 fully saturated rings. The maximum absolute atomic E-state index is 11.8. The Hall–Kier alpha value is -0.630. The Bertz CT molecular complexity index is 386. The molecule has 0 aromatic heterocycles. The molecule has 0 heterocycles. The van der Waals surface area contributed by atoms with Crippen LogP contribution in [0.2, 0.25) is 0 Å². The van der Waals surface area contributed by atoms with Gasteiger partial charge in [-0.15, -0.1) is 0 Å². The van der Waals surface area contributed by atoms with Crippen molar-refractivity contribution in [3.63, 3.8) is 0 Å². The molecule has 1 nitrogen and oxygen atoms in total. The van der Waals surface area contributed by atoms with Gasteiger partial charge in [0, 0.05) is 16.8 Å². The lowest BCUT2D eigenvalue weighted by Gasteiger charge is -2.25. The number of benzene rings is 1. The number of carbonyl (C=O) groups is 1. The zero-order valence-electron chi connectivity index (χ0n) is 9.58. The van der Waals surface area contributed by atoms with Gasteiger partial charge in [-0.3, -0.25) is 4.79 Å². The molecule has 0 amide bonds. The minimum absolute atomic E-state index is 0.238. The van der Waals surface area contributed by atoms with Gasteiger partial charge in [-0.05, 0) is 36.8 Å². The summed E-state index contributed by atoms with van der Waals surface area (Å²) in [6.07, 6.45) is 3.80. The Morgan fingerprint density at radius 1 is 1.38 bits per heavy atom. The van der Waals surface area contributed by atoms with Gasteiger partial charge in [0.15, 0.2) is 0 Å². The predicted molar refractivity (Wildman–Crippen MR) is 69.4 cm³/mol. The van der Waals surface area contributed by atoms with Crippen LogP contribution in [0.3, 0.4) is 0 Å². The van der Waals surface area contributed by atoms with Crippen LogP contribution in [-0.4, -0.2) is 5.78 Å². The number of ketones is 1. The number of hydrogen-bond acceptors (Lipinski definition) is 1. The summed E-state index contributed by atoms with van der Waals surface area (Å²) >= 11 is 3.55. The van der Waals surface area contributed by atoms with Gasteiger partial charge in [-0.1, -0.05) is 41.1 Å². The van der Waals surface area contributed by atoms with Crippen LogP contribution in [0.4, 0.5) is 0 Å². The highest BCUT2D eigenvalue weighted by atomic mass is 79.9. The Balaban J connectivity index is 2.09. The summed E-state index contributed by atoms with van der Waals surface area (Å²) < 4.78 is 1.13. The van der Waals surface area contributed by atoms with E-state index in [2.05, 4.69) is 28.9 Å². The molecule has 0 bridgehead atoms. The van der Waals surface area contributed by atoms with Gasteiger partial charge in [0.2, 0.25) is 0 Å². The molecule has 2 rings (SSSR count). The van der Waals surface area contributed by atoms with Crippen molar-refractivity contribution in [2.45, 2.75) is 32.6 Å². The molecule has 0 radical (unpaired) electrons. The summed E-state index contributed by atoms with van der Waals surface area (Å²) in [6.45, 7) is 2.25. The van der Waals surface area contributed by atoms with Crippen LogP contribution in [0.25, 0.3) is 0 Å². The summed E-state index contributed by atoms with van der Waals surface area (Å²) in [5, 5.41) is 0. The average molecular weight is 281 g/mol. The summed E-state index contributed by atoms with van der Waals surface area (Å²) in [7, 11) is 0. The molecule has 0 unspecified atom stereocenters. The number of rotatable bonds is 2. The second-order valence-corrected chi connectivity index (χ2v) is 5.69. The van der Waals surface area contributed by atoms with Crippen LogP contribution in [-0.2, 0) is 11.2 Å². The fourth-order valence-electron chi connectivity index (χ4n) is 2.45. The third kappa shape index (κ3) is 2.73. The fraction of sp³-hybridized carbons (Fsp3) is 0.500. The topological polar surface area (TPSA) is 17.1 Å². The maximum Gasteiger partial charge on any atom is 0.136 e. The highest BCUT2D eigenvalue weighted by molar-refractivity contribution is 9.10. The van der Waals surface area contributed by atoms with Crippen LogP contribution in [0.5, 0.6) is 0 Å². The van der Waals surface area contributed by atoms with E-state index < -0.39 is 0 Å². The van der Waals surface area contributed by atoms with E-state index in [9.17, 15) is 4.79 Å². The van der Waals surface area contributed by atoms with Crippen molar-refractivity contribution >= 4 is 21.7 Å².